The minimum Gasteiger partial charge on any atom is -0.312 e. The highest BCUT2D eigenvalue weighted by Crippen LogP contribution is 2.13. The van der Waals surface area contributed by atoms with Crippen molar-refractivity contribution < 1.29 is 13.2 Å². The molecule has 2 rings (SSSR count). The maximum atomic E-state index is 11.7. The van der Waals surface area contributed by atoms with Gasteiger partial charge in [0, 0.05) is 19.0 Å². The number of ketones is 1. The van der Waals surface area contributed by atoms with Crippen LogP contribution in [0.15, 0.2) is 17.5 Å². The van der Waals surface area contributed by atoms with Crippen molar-refractivity contribution in [1.82, 2.24) is 5.32 Å². The molecule has 1 unspecified atom stereocenters. The maximum absolute atomic E-state index is 11.7. The summed E-state index contributed by atoms with van der Waals surface area (Å²) < 4.78 is 22.4. The summed E-state index contributed by atoms with van der Waals surface area (Å²) >= 11 is 1.44. The number of nitrogens with one attached hydrogen (secondary N) is 1. The molecule has 1 aromatic heterocycles. The van der Waals surface area contributed by atoms with Crippen molar-refractivity contribution in [3.8, 4) is 0 Å². The van der Waals surface area contributed by atoms with Gasteiger partial charge in [-0.25, -0.2) is 8.42 Å². The summed E-state index contributed by atoms with van der Waals surface area (Å²) in [6.07, 6.45) is 1.09. The number of rotatable bonds is 5. The molecule has 1 aromatic rings. The lowest BCUT2D eigenvalue weighted by Crippen LogP contribution is -2.31. The molecule has 1 saturated heterocycles. The van der Waals surface area contributed by atoms with Crippen LogP contribution in [0.3, 0.4) is 0 Å². The summed E-state index contributed by atoms with van der Waals surface area (Å²) in [5.74, 6) is 0.595. The Morgan fingerprint density at radius 1 is 1.53 bits per heavy atom. The monoisotopic (exact) mass is 273 g/mol. The number of thiophene rings is 1. The van der Waals surface area contributed by atoms with Gasteiger partial charge in [0.25, 0.3) is 0 Å². The lowest BCUT2D eigenvalue weighted by molar-refractivity contribution is 0.0986. The number of carbonyl (C=O) groups is 1. The van der Waals surface area contributed by atoms with Gasteiger partial charge < -0.3 is 5.32 Å². The van der Waals surface area contributed by atoms with Crippen LogP contribution in [0.1, 0.15) is 22.5 Å². The average molecular weight is 273 g/mol. The van der Waals surface area contributed by atoms with E-state index < -0.39 is 9.84 Å². The molecule has 1 atom stereocenters. The summed E-state index contributed by atoms with van der Waals surface area (Å²) in [6.45, 7) is 0.552. The predicted octanol–water partition coefficient (Wildman–Crippen LogP) is 1.10. The fourth-order valence-corrected chi connectivity index (χ4v) is 4.31. The van der Waals surface area contributed by atoms with Gasteiger partial charge in [-0.05, 0) is 17.9 Å². The molecule has 1 aliphatic heterocycles. The Morgan fingerprint density at radius 2 is 2.35 bits per heavy atom. The zero-order chi connectivity index (χ0) is 12.3. The molecule has 0 spiro atoms. The van der Waals surface area contributed by atoms with Crippen LogP contribution in [0.4, 0.5) is 0 Å². The first kappa shape index (κ1) is 12.7. The molecule has 1 N–H and O–H groups in total. The third-order valence-electron chi connectivity index (χ3n) is 2.81. The van der Waals surface area contributed by atoms with E-state index in [9.17, 15) is 13.2 Å². The van der Waals surface area contributed by atoms with Crippen LogP contribution in [0.2, 0.25) is 0 Å². The van der Waals surface area contributed by atoms with E-state index in [0.717, 1.165) is 4.88 Å². The highest BCUT2D eigenvalue weighted by Gasteiger charge is 2.27. The Hall–Kier alpha value is -0.720. The third kappa shape index (κ3) is 3.62. The van der Waals surface area contributed by atoms with Crippen LogP contribution in [0, 0.1) is 0 Å². The van der Waals surface area contributed by atoms with Crippen molar-refractivity contribution in [2.24, 2.45) is 0 Å². The number of hydrogen-bond donors (Lipinski definition) is 1. The van der Waals surface area contributed by atoms with Crippen LogP contribution >= 0.6 is 11.3 Å². The molecule has 0 amide bonds. The molecule has 0 radical (unpaired) electrons. The largest absolute Gasteiger partial charge is 0.312 e. The Kier molecular flexibility index (Phi) is 3.96. The van der Waals surface area contributed by atoms with Crippen LogP contribution in [0.5, 0.6) is 0 Å². The molecular weight excluding hydrogens is 258 g/mol. The molecule has 0 saturated carbocycles. The van der Waals surface area contributed by atoms with Gasteiger partial charge in [0.15, 0.2) is 15.6 Å². The fourth-order valence-electron chi connectivity index (χ4n) is 1.91. The number of hydrogen-bond acceptors (Lipinski definition) is 5. The SMILES string of the molecule is O=C(CCNC1CCS(=O)(=O)C1)c1cccs1. The molecule has 4 nitrogen and oxygen atoms in total. The molecule has 0 aromatic carbocycles. The summed E-state index contributed by atoms with van der Waals surface area (Å²) in [5.41, 5.74) is 0. The fraction of sp³-hybridized carbons (Fsp3) is 0.545. The molecule has 1 fully saturated rings. The molecule has 2 heterocycles. The quantitative estimate of drug-likeness (QED) is 0.816. The average Bonchev–Trinajstić information content (AvgIpc) is 2.87. The molecule has 17 heavy (non-hydrogen) atoms. The summed E-state index contributed by atoms with van der Waals surface area (Å²) in [7, 11) is -2.83. The summed E-state index contributed by atoms with van der Waals surface area (Å²) in [4.78, 5) is 12.4. The first-order valence-corrected chi connectivity index (χ1v) is 8.27. The van der Waals surface area contributed by atoms with Gasteiger partial charge in [-0.3, -0.25) is 4.79 Å². The van der Waals surface area contributed by atoms with E-state index in [1.165, 1.54) is 11.3 Å². The molecular formula is C11H15NO3S2. The summed E-state index contributed by atoms with van der Waals surface area (Å²) in [5, 5.41) is 5.01. The van der Waals surface area contributed by atoms with Crippen LogP contribution in [-0.2, 0) is 9.84 Å². The second-order valence-corrected chi connectivity index (χ2v) is 7.38. The van der Waals surface area contributed by atoms with Gasteiger partial charge in [-0.1, -0.05) is 6.07 Å². The third-order valence-corrected chi connectivity index (χ3v) is 5.49. The van der Waals surface area contributed by atoms with E-state index in [0.29, 0.717) is 19.4 Å². The topological polar surface area (TPSA) is 63.2 Å². The predicted molar refractivity (Wildman–Crippen MR) is 68.3 cm³/mol. The van der Waals surface area contributed by atoms with Crippen LogP contribution < -0.4 is 5.32 Å². The molecule has 0 aliphatic carbocycles. The van der Waals surface area contributed by atoms with E-state index in [2.05, 4.69) is 5.32 Å². The standard InChI is InChI=1S/C11H15NO3S2/c13-10(11-2-1-6-16-11)3-5-12-9-4-7-17(14,15)8-9/h1-2,6,9,12H,3-5,7-8H2. The van der Waals surface area contributed by atoms with Crippen LogP contribution in [0.25, 0.3) is 0 Å². The van der Waals surface area contributed by atoms with Crippen molar-refractivity contribution in [3.63, 3.8) is 0 Å². The second kappa shape index (κ2) is 5.29. The van der Waals surface area contributed by atoms with E-state index in [4.69, 9.17) is 0 Å². The minimum atomic E-state index is -2.83. The van der Waals surface area contributed by atoms with Gasteiger partial charge in [-0.15, -0.1) is 11.3 Å². The van der Waals surface area contributed by atoms with Crippen LogP contribution in [-0.4, -0.2) is 38.3 Å². The van der Waals surface area contributed by atoms with Crippen molar-refractivity contribution in [1.29, 1.82) is 0 Å². The first-order valence-electron chi connectivity index (χ1n) is 5.57. The summed E-state index contributed by atoms with van der Waals surface area (Å²) in [6, 6.07) is 3.69. The van der Waals surface area contributed by atoms with E-state index in [1.807, 2.05) is 17.5 Å². The van der Waals surface area contributed by atoms with Crippen molar-refractivity contribution in [2.45, 2.75) is 18.9 Å². The number of sulfone groups is 1. The van der Waals surface area contributed by atoms with Gasteiger partial charge >= 0.3 is 0 Å². The Labute approximate surface area is 105 Å². The highest BCUT2D eigenvalue weighted by molar-refractivity contribution is 7.91. The van der Waals surface area contributed by atoms with E-state index >= 15 is 0 Å². The van der Waals surface area contributed by atoms with Gasteiger partial charge in [0.05, 0.1) is 16.4 Å². The van der Waals surface area contributed by atoms with Crippen molar-refractivity contribution >= 4 is 27.0 Å². The van der Waals surface area contributed by atoms with Gasteiger partial charge in [-0.2, -0.15) is 0 Å². The van der Waals surface area contributed by atoms with Gasteiger partial charge in [0.2, 0.25) is 0 Å². The Bertz CT molecular complexity index is 479. The first-order chi connectivity index (χ1) is 8.07. The molecule has 0 bridgehead atoms. The molecule has 1 aliphatic rings. The lowest BCUT2D eigenvalue weighted by atomic mass is 10.2. The Morgan fingerprint density at radius 3 is 2.94 bits per heavy atom. The van der Waals surface area contributed by atoms with E-state index in [1.54, 1.807) is 0 Å². The smallest absolute Gasteiger partial charge is 0.174 e. The molecule has 6 heteroatoms. The van der Waals surface area contributed by atoms with Crippen molar-refractivity contribution in [2.75, 3.05) is 18.1 Å². The Balaban J connectivity index is 1.72. The second-order valence-electron chi connectivity index (χ2n) is 4.20. The number of carbonyl (C=O) groups excluding carboxylic acids is 1. The number of Topliss-reactive ketones (excluding diaryl/α,β-unsaturated/α-hetero) is 1. The van der Waals surface area contributed by atoms with Crippen molar-refractivity contribution in [3.05, 3.63) is 22.4 Å². The maximum Gasteiger partial charge on any atom is 0.174 e. The normalized spacial score (nSPS) is 22.7. The zero-order valence-corrected chi connectivity index (χ0v) is 11.0. The minimum absolute atomic E-state index is 0.0242. The van der Waals surface area contributed by atoms with E-state index in [-0.39, 0.29) is 23.3 Å². The van der Waals surface area contributed by atoms with Gasteiger partial charge in [0.1, 0.15) is 0 Å². The lowest BCUT2D eigenvalue weighted by Gasteiger charge is -2.09. The highest BCUT2D eigenvalue weighted by atomic mass is 32.2. The molecule has 94 valence electrons. The zero-order valence-electron chi connectivity index (χ0n) is 9.39.